The Hall–Kier alpha value is -1.24. The van der Waals surface area contributed by atoms with E-state index in [2.05, 4.69) is 21.3 Å². The maximum absolute atomic E-state index is 13.0. The van der Waals surface area contributed by atoms with Gasteiger partial charge in [-0.15, -0.1) is 11.3 Å². The number of piperidine rings is 1. The van der Waals surface area contributed by atoms with Crippen LogP contribution in [0.2, 0.25) is 0 Å². The van der Waals surface area contributed by atoms with Crippen LogP contribution in [0, 0.1) is 5.41 Å². The largest absolute Gasteiger partial charge is 0.311 e. The number of hydrogen-bond acceptors (Lipinski definition) is 5. The lowest BCUT2D eigenvalue weighted by molar-refractivity contribution is -0.128. The van der Waals surface area contributed by atoms with E-state index >= 15 is 0 Å². The molecule has 1 atom stereocenters. The molecule has 1 amide bonds. The number of rotatable bonds is 3. The fourth-order valence-electron chi connectivity index (χ4n) is 3.74. The number of amides is 1. The summed E-state index contributed by atoms with van der Waals surface area (Å²) < 4.78 is 0. The second-order valence-electron chi connectivity index (χ2n) is 6.21. The number of carbonyl (C=O) groups is 1. The lowest BCUT2D eigenvalue weighted by atomic mass is 9.78. The molecule has 6 heteroatoms. The van der Waals surface area contributed by atoms with Gasteiger partial charge in [0.1, 0.15) is 5.01 Å². The van der Waals surface area contributed by atoms with Gasteiger partial charge in [0.25, 0.3) is 0 Å². The monoisotopic (exact) mass is 333 g/mol. The number of hydrogen-bond donors (Lipinski definition) is 0. The zero-order valence-corrected chi connectivity index (χ0v) is 14.0. The summed E-state index contributed by atoms with van der Waals surface area (Å²) >= 11 is 3.36. The topological polar surface area (TPSA) is 36.4 Å². The maximum atomic E-state index is 13.0. The van der Waals surface area contributed by atoms with Crippen LogP contribution in [0.25, 0.3) is 0 Å². The fraction of sp³-hybridized carbons (Fsp3) is 0.500. The fourth-order valence-corrected chi connectivity index (χ4v) is 5.04. The van der Waals surface area contributed by atoms with Crippen LogP contribution in [0.3, 0.4) is 0 Å². The molecule has 2 aromatic rings. The summed E-state index contributed by atoms with van der Waals surface area (Å²) in [6.45, 7) is 3.70. The Bertz CT molecular complexity index is 640. The Morgan fingerprint density at radius 1 is 1.27 bits per heavy atom. The molecule has 0 N–H and O–H groups in total. The van der Waals surface area contributed by atoms with Gasteiger partial charge in [-0.3, -0.25) is 9.69 Å². The minimum atomic E-state index is -0.169. The predicted molar refractivity (Wildman–Crippen MR) is 90.3 cm³/mol. The number of nitrogens with zero attached hydrogens (tertiary/aromatic N) is 3. The van der Waals surface area contributed by atoms with Crippen LogP contribution < -0.4 is 4.90 Å². The van der Waals surface area contributed by atoms with E-state index in [1.54, 1.807) is 22.7 Å². The van der Waals surface area contributed by atoms with E-state index in [0.717, 1.165) is 56.1 Å². The third-order valence-corrected chi connectivity index (χ3v) is 6.26. The molecule has 116 valence electrons. The van der Waals surface area contributed by atoms with E-state index in [1.807, 2.05) is 21.9 Å². The number of carbonyl (C=O) groups excluding carboxylic acids is 1. The predicted octanol–water partition coefficient (Wildman–Crippen LogP) is 3.22. The third-order valence-electron chi connectivity index (χ3n) is 4.83. The van der Waals surface area contributed by atoms with Crippen LogP contribution in [0.1, 0.15) is 24.3 Å². The van der Waals surface area contributed by atoms with Crippen LogP contribution >= 0.6 is 22.7 Å². The Morgan fingerprint density at radius 2 is 2.23 bits per heavy atom. The summed E-state index contributed by atoms with van der Waals surface area (Å²) in [5, 5.41) is 7.29. The van der Waals surface area contributed by atoms with Gasteiger partial charge < -0.3 is 4.90 Å². The minimum absolute atomic E-state index is 0.169. The molecule has 0 aliphatic carbocycles. The van der Waals surface area contributed by atoms with Crippen LogP contribution in [0.5, 0.6) is 0 Å². The molecule has 2 aromatic heterocycles. The van der Waals surface area contributed by atoms with E-state index in [4.69, 9.17) is 0 Å². The van der Waals surface area contributed by atoms with Crippen molar-refractivity contribution in [1.29, 1.82) is 0 Å². The van der Waals surface area contributed by atoms with Crippen LogP contribution in [-0.2, 0) is 11.3 Å². The molecule has 4 heterocycles. The summed E-state index contributed by atoms with van der Waals surface area (Å²) in [5.74, 6) is 0.328. The highest BCUT2D eigenvalue weighted by Gasteiger charge is 2.49. The van der Waals surface area contributed by atoms with Crippen molar-refractivity contribution >= 4 is 34.3 Å². The standard InChI is InChI=1S/C16H19N3OS2/c20-15-16(4-7-19(15)13-2-8-21-11-13)3-1-6-18(12-16)10-14-17-5-9-22-14/h2,5,8-9,11H,1,3-4,6-7,10,12H2. The van der Waals surface area contributed by atoms with Crippen molar-refractivity contribution in [3.63, 3.8) is 0 Å². The van der Waals surface area contributed by atoms with E-state index in [-0.39, 0.29) is 5.41 Å². The first-order chi connectivity index (χ1) is 10.8. The average Bonchev–Trinajstić information content (AvgIpc) is 3.24. The highest BCUT2D eigenvalue weighted by atomic mass is 32.1. The van der Waals surface area contributed by atoms with Crippen molar-refractivity contribution in [1.82, 2.24) is 9.88 Å². The number of aromatic nitrogens is 1. The molecule has 0 aromatic carbocycles. The van der Waals surface area contributed by atoms with Crippen molar-refractivity contribution < 1.29 is 4.79 Å². The van der Waals surface area contributed by atoms with Gasteiger partial charge in [0, 0.05) is 30.0 Å². The van der Waals surface area contributed by atoms with Crippen molar-refractivity contribution in [2.45, 2.75) is 25.8 Å². The Labute approximate surface area is 138 Å². The number of likely N-dealkylation sites (tertiary alicyclic amines) is 1. The maximum Gasteiger partial charge on any atom is 0.234 e. The number of anilines is 1. The molecule has 0 bridgehead atoms. The smallest absolute Gasteiger partial charge is 0.234 e. The summed E-state index contributed by atoms with van der Waals surface area (Å²) in [6, 6.07) is 2.05. The van der Waals surface area contributed by atoms with E-state index in [9.17, 15) is 4.79 Å². The molecule has 1 unspecified atom stereocenters. The van der Waals surface area contributed by atoms with Gasteiger partial charge in [-0.2, -0.15) is 11.3 Å². The van der Waals surface area contributed by atoms with Crippen molar-refractivity contribution in [2.75, 3.05) is 24.5 Å². The normalized spacial score (nSPS) is 26.2. The molecule has 1 spiro atoms. The van der Waals surface area contributed by atoms with Gasteiger partial charge in [-0.25, -0.2) is 4.98 Å². The summed E-state index contributed by atoms with van der Waals surface area (Å²) in [6.07, 6.45) is 4.98. The molecular weight excluding hydrogens is 314 g/mol. The highest BCUT2D eigenvalue weighted by molar-refractivity contribution is 7.09. The average molecular weight is 333 g/mol. The third kappa shape index (κ3) is 2.49. The summed E-state index contributed by atoms with van der Waals surface area (Å²) in [5.41, 5.74) is 0.904. The highest BCUT2D eigenvalue weighted by Crippen LogP contribution is 2.42. The van der Waals surface area contributed by atoms with Crippen molar-refractivity contribution in [3.8, 4) is 0 Å². The molecule has 2 fully saturated rings. The SMILES string of the molecule is O=C1N(c2ccsc2)CCC12CCCN(Cc1nccs1)C2. The van der Waals surface area contributed by atoms with Gasteiger partial charge >= 0.3 is 0 Å². The molecule has 4 rings (SSSR count). The summed E-state index contributed by atoms with van der Waals surface area (Å²) in [4.78, 5) is 21.8. The molecule has 22 heavy (non-hydrogen) atoms. The number of thiophene rings is 1. The van der Waals surface area contributed by atoms with Crippen LogP contribution in [0.4, 0.5) is 5.69 Å². The molecule has 2 aliphatic rings. The zero-order chi connectivity index (χ0) is 15.0. The Morgan fingerprint density at radius 3 is 3.00 bits per heavy atom. The van der Waals surface area contributed by atoms with E-state index in [1.165, 1.54) is 0 Å². The number of thiazole rings is 1. The van der Waals surface area contributed by atoms with Crippen molar-refractivity contribution in [2.24, 2.45) is 5.41 Å². The summed E-state index contributed by atoms with van der Waals surface area (Å²) in [7, 11) is 0. The van der Waals surface area contributed by atoms with Gasteiger partial charge in [0.2, 0.25) is 5.91 Å². The molecular formula is C16H19N3OS2. The van der Waals surface area contributed by atoms with Gasteiger partial charge in [0.05, 0.1) is 17.6 Å². The quantitative estimate of drug-likeness (QED) is 0.865. The van der Waals surface area contributed by atoms with Gasteiger partial charge in [-0.05, 0) is 37.3 Å². The molecule has 0 radical (unpaired) electrons. The van der Waals surface area contributed by atoms with Crippen LogP contribution in [-0.4, -0.2) is 35.4 Å². The van der Waals surface area contributed by atoms with Gasteiger partial charge in [-0.1, -0.05) is 0 Å². The van der Waals surface area contributed by atoms with E-state index in [0.29, 0.717) is 5.91 Å². The molecule has 2 aliphatic heterocycles. The minimum Gasteiger partial charge on any atom is -0.311 e. The molecule has 0 saturated carbocycles. The van der Waals surface area contributed by atoms with Gasteiger partial charge in [0.15, 0.2) is 0 Å². The first-order valence-corrected chi connectivity index (χ1v) is 9.54. The Balaban J connectivity index is 1.50. The second kappa shape index (κ2) is 5.76. The first kappa shape index (κ1) is 14.4. The van der Waals surface area contributed by atoms with Crippen molar-refractivity contribution in [3.05, 3.63) is 33.4 Å². The molecule has 4 nitrogen and oxygen atoms in total. The first-order valence-electron chi connectivity index (χ1n) is 7.72. The Kier molecular flexibility index (Phi) is 3.76. The van der Waals surface area contributed by atoms with Crippen LogP contribution in [0.15, 0.2) is 28.4 Å². The van der Waals surface area contributed by atoms with E-state index < -0.39 is 0 Å². The molecule has 2 saturated heterocycles. The zero-order valence-electron chi connectivity index (χ0n) is 12.4. The second-order valence-corrected chi connectivity index (χ2v) is 7.97. The lowest BCUT2D eigenvalue weighted by Gasteiger charge is -2.38. The lowest BCUT2D eigenvalue weighted by Crippen LogP contribution is -2.47.